The Morgan fingerprint density at radius 2 is 1.70 bits per heavy atom. The van der Waals surface area contributed by atoms with E-state index in [1.165, 1.54) is 6.07 Å². The first-order valence-electron chi connectivity index (χ1n) is 6.75. The molecule has 0 amide bonds. The molecule has 1 aromatic rings. The molecule has 0 aliphatic rings. The van der Waals surface area contributed by atoms with Gasteiger partial charge in [0.15, 0.2) is 0 Å². The smallest absolute Gasteiger partial charge is 0.242 e. The third-order valence-corrected chi connectivity index (χ3v) is 5.08. The van der Waals surface area contributed by atoms with Crippen molar-refractivity contribution < 1.29 is 8.42 Å². The number of nitrogens with zero attached hydrogens (tertiary/aromatic N) is 1. The number of nitrogens with one attached hydrogen (secondary N) is 1. The molecule has 0 atom stereocenters. The summed E-state index contributed by atoms with van der Waals surface area (Å²) in [6, 6.07) is 7.20. The monoisotopic (exact) mass is 318 g/mol. The molecule has 0 fully saturated rings. The summed E-state index contributed by atoms with van der Waals surface area (Å²) in [7, 11) is -3.55. The van der Waals surface area contributed by atoms with Crippen LogP contribution < -0.4 is 4.72 Å². The highest BCUT2D eigenvalue weighted by atomic mass is 35.5. The Hall–Kier alpha value is -0.620. The van der Waals surface area contributed by atoms with Crippen LogP contribution in [0.3, 0.4) is 0 Å². The predicted molar refractivity (Wildman–Crippen MR) is 83.6 cm³/mol. The zero-order valence-electron chi connectivity index (χ0n) is 12.4. The van der Waals surface area contributed by atoms with Gasteiger partial charge in [-0.3, -0.25) is 4.90 Å². The summed E-state index contributed by atoms with van der Waals surface area (Å²) in [6.45, 7) is 9.43. The van der Waals surface area contributed by atoms with Crippen LogP contribution in [0, 0.1) is 0 Å². The largest absolute Gasteiger partial charge is 0.297 e. The van der Waals surface area contributed by atoms with Crippen LogP contribution in [0.2, 0.25) is 5.02 Å². The summed E-state index contributed by atoms with van der Waals surface area (Å²) in [5.41, 5.74) is 0. The fourth-order valence-corrected chi connectivity index (χ4v) is 3.70. The van der Waals surface area contributed by atoms with Gasteiger partial charge in [0, 0.05) is 25.2 Å². The van der Waals surface area contributed by atoms with E-state index in [-0.39, 0.29) is 9.92 Å². The van der Waals surface area contributed by atoms with Crippen LogP contribution >= 0.6 is 11.6 Å². The third kappa shape index (κ3) is 4.74. The van der Waals surface area contributed by atoms with Crippen molar-refractivity contribution in [3.05, 3.63) is 29.3 Å². The van der Waals surface area contributed by atoms with E-state index in [2.05, 4.69) is 37.3 Å². The normalized spacial score (nSPS) is 12.6. The topological polar surface area (TPSA) is 49.4 Å². The highest BCUT2D eigenvalue weighted by molar-refractivity contribution is 7.89. The van der Waals surface area contributed by atoms with Crippen molar-refractivity contribution in [2.45, 2.75) is 44.7 Å². The van der Waals surface area contributed by atoms with Crippen molar-refractivity contribution in [2.24, 2.45) is 0 Å². The van der Waals surface area contributed by atoms with Crippen LogP contribution in [0.5, 0.6) is 0 Å². The van der Waals surface area contributed by atoms with E-state index in [1.807, 2.05) is 0 Å². The summed E-state index contributed by atoms with van der Waals surface area (Å²) in [5.74, 6) is 0. The number of hydrogen-bond donors (Lipinski definition) is 1. The Balaban J connectivity index is 2.68. The van der Waals surface area contributed by atoms with E-state index in [0.29, 0.717) is 25.2 Å². The maximum Gasteiger partial charge on any atom is 0.242 e. The van der Waals surface area contributed by atoms with Crippen molar-refractivity contribution in [2.75, 3.05) is 13.1 Å². The van der Waals surface area contributed by atoms with Crippen molar-refractivity contribution in [1.82, 2.24) is 9.62 Å². The van der Waals surface area contributed by atoms with Crippen molar-refractivity contribution in [3.8, 4) is 0 Å². The molecule has 0 bridgehead atoms. The first-order valence-corrected chi connectivity index (χ1v) is 8.61. The molecule has 1 rings (SSSR count). The van der Waals surface area contributed by atoms with E-state index in [9.17, 15) is 8.42 Å². The number of halogens is 1. The molecule has 1 N–H and O–H groups in total. The molecule has 0 saturated heterocycles. The van der Waals surface area contributed by atoms with Crippen molar-refractivity contribution in [3.63, 3.8) is 0 Å². The first kappa shape index (κ1) is 17.4. The molecule has 0 unspecified atom stereocenters. The zero-order valence-corrected chi connectivity index (χ0v) is 14.0. The van der Waals surface area contributed by atoms with E-state index in [4.69, 9.17) is 11.6 Å². The second kappa shape index (κ2) is 7.41. The Labute approximate surface area is 127 Å². The summed E-state index contributed by atoms with van der Waals surface area (Å²) < 4.78 is 26.9. The molecular formula is C14H23ClN2O2S. The molecule has 0 radical (unpaired) electrons. The van der Waals surface area contributed by atoms with Gasteiger partial charge in [-0.05, 0) is 39.8 Å². The first-order chi connectivity index (χ1) is 9.25. The summed E-state index contributed by atoms with van der Waals surface area (Å²) >= 11 is 5.92. The van der Waals surface area contributed by atoms with Gasteiger partial charge in [-0.25, -0.2) is 13.1 Å². The Kier molecular flexibility index (Phi) is 6.45. The predicted octanol–water partition coefficient (Wildman–Crippen LogP) is 2.74. The highest BCUT2D eigenvalue weighted by Gasteiger charge is 2.18. The van der Waals surface area contributed by atoms with Gasteiger partial charge in [-0.15, -0.1) is 0 Å². The van der Waals surface area contributed by atoms with E-state index in [1.54, 1.807) is 18.2 Å². The van der Waals surface area contributed by atoms with Gasteiger partial charge in [0.05, 0.1) is 5.02 Å². The lowest BCUT2D eigenvalue weighted by atomic mass is 10.2. The highest BCUT2D eigenvalue weighted by Crippen LogP contribution is 2.19. The molecule has 4 nitrogen and oxygen atoms in total. The molecule has 0 saturated carbocycles. The molecule has 20 heavy (non-hydrogen) atoms. The van der Waals surface area contributed by atoms with Crippen LogP contribution in [-0.2, 0) is 10.0 Å². The second-order valence-electron chi connectivity index (χ2n) is 5.25. The molecule has 6 heteroatoms. The van der Waals surface area contributed by atoms with Gasteiger partial charge < -0.3 is 0 Å². The van der Waals surface area contributed by atoms with Crippen LogP contribution in [0.25, 0.3) is 0 Å². The molecule has 1 aromatic carbocycles. The molecule has 0 aliphatic heterocycles. The van der Waals surface area contributed by atoms with E-state index in [0.717, 1.165) is 0 Å². The van der Waals surface area contributed by atoms with Crippen LogP contribution in [-0.4, -0.2) is 38.5 Å². The minimum absolute atomic E-state index is 0.127. The molecular weight excluding hydrogens is 296 g/mol. The van der Waals surface area contributed by atoms with E-state index < -0.39 is 10.0 Å². The lowest BCUT2D eigenvalue weighted by Gasteiger charge is -2.30. The molecule has 0 heterocycles. The quantitative estimate of drug-likeness (QED) is 0.841. The molecule has 0 spiro atoms. The van der Waals surface area contributed by atoms with Gasteiger partial charge in [0.2, 0.25) is 10.0 Å². The third-order valence-electron chi connectivity index (χ3n) is 3.11. The summed E-state index contributed by atoms with van der Waals surface area (Å²) in [4.78, 5) is 2.36. The van der Waals surface area contributed by atoms with Gasteiger partial charge in [-0.2, -0.15) is 0 Å². The number of rotatable bonds is 7. The Morgan fingerprint density at radius 3 is 2.20 bits per heavy atom. The maximum atomic E-state index is 12.2. The van der Waals surface area contributed by atoms with Gasteiger partial charge in [0.25, 0.3) is 0 Å². The number of hydrogen-bond acceptors (Lipinski definition) is 3. The van der Waals surface area contributed by atoms with Crippen LogP contribution in [0.15, 0.2) is 29.2 Å². The Morgan fingerprint density at radius 1 is 1.15 bits per heavy atom. The van der Waals surface area contributed by atoms with Crippen LogP contribution in [0.4, 0.5) is 0 Å². The lowest BCUT2D eigenvalue weighted by Crippen LogP contribution is -2.42. The average molecular weight is 319 g/mol. The fraction of sp³-hybridized carbons (Fsp3) is 0.571. The standard InChI is InChI=1S/C14H23ClN2O2S/c1-11(2)17(12(3)4)10-9-16-20(18,19)14-8-6-5-7-13(14)15/h5-8,11-12,16H,9-10H2,1-4H3. The minimum atomic E-state index is -3.55. The maximum absolute atomic E-state index is 12.2. The van der Waals surface area contributed by atoms with Gasteiger partial charge in [0.1, 0.15) is 4.90 Å². The van der Waals surface area contributed by atoms with E-state index >= 15 is 0 Å². The fourth-order valence-electron chi connectivity index (χ4n) is 2.16. The van der Waals surface area contributed by atoms with Crippen molar-refractivity contribution >= 4 is 21.6 Å². The minimum Gasteiger partial charge on any atom is -0.297 e. The molecule has 0 aromatic heterocycles. The summed E-state index contributed by atoms with van der Waals surface area (Å²) in [5, 5.41) is 0.240. The van der Waals surface area contributed by atoms with Gasteiger partial charge >= 0.3 is 0 Å². The van der Waals surface area contributed by atoms with Crippen molar-refractivity contribution in [1.29, 1.82) is 0 Å². The Bertz CT molecular complexity index is 522. The number of benzene rings is 1. The summed E-state index contributed by atoms with van der Waals surface area (Å²) in [6.07, 6.45) is 0. The second-order valence-corrected chi connectivity index (χ2v) is 7.40. The zero-order chi connectivity index (χ0) is 15.3. The molecule has 0 aliphatic carbocycles. The SMILES string of the molecule is CC(C)N(CCNS(=O)(=O)c1ccccc1Cl)C(C)C. The van der Waals surface area contributed by atoms with Crippen LogP contribution in [0.1, 0.15) is 27.7 Å². The van der Waals surface area contributed by atoms with Gasteiger partial charge in [-0.1, -0.05) is 23.7 Å². The number of sulfonamides is 1. The average Bonchev–Trinajstić information content (AvgIpc) is 2.34. The lowest BCUT2D eigenvalue weighted by molar-refractivity contribution is 0.179. The molecule has 114 valence electrons.